The Bertz CT molecular complexity index is 386. The summed E-state index contributed by atoms with van der Waals surface area (Å²) in [4.78, 5) is 37.5. The average molecular weight is 285 g/mol. The minimum absolute atomic E-state index is 0.0775. The number of carbonyl (C=O) groups is 3. The fourth-order valence-electron chi connectivity index (χ4n) is 2.66. The first-order chi connectivity index (χ1) is 9.36. The molecule has 0 aromatic carbocycles. The second kappa shape index (κ2) is 7.12. The first-order valence-corrected chi connectivity index (χ1v) is 6.93. The Morgan fingerprint density at radius 2 is 2.10 bits per heavy atom. The van der Waals surface area contributed by atoms with Crippen molar-refractivity contribution in [3.63, 3.8) is 0 Å². The molecule has 1 fully saturated rings. The molecular weight excluding hydrogens is 262 g/mol. The second-order valence-electron chi connectivity index (χ2n) is 5.19. The summed E-state index contributed by atoms with van der Waals surface area (Å²) < 4.78 is 0. The molecule has 2 atom stereocenters. The van der Waals surface area contributed by atoms with Gasteiger partial charge in [-0.05, 0) is 26.7 Å². The van der Waals surface area contributed by atoms with Crippen molar-refractivity contribution in [2.45, 2.75) is 39.2 Å². The van der Waals surface area contributed by atoms with Crippen LogP contribution in [-0.2, 0) is 9.59 Å². The Morgan fingerprint density at radius 3 is 2.60 bits per heavy atom. The van der Waals surface area contributed by atoms with Crippen molar-refractivity contribution < 1.29 is 19.5 Å². The first kappa shape index (κ1) is 16.3. The van der Waals surface area contributed by atoms with Gasteiger partial charge in [-0.3, -0.25) is 9.59 Å². The number of likely N-dealkylation sites (tertiary alicyclic amines) is 1. The largest absolute Gasteiger partial charge is 0.481 e. The summed E-state index contributed by atoms with van der Waals surface area (Å²) in [6.07, 6.45) is 1.37. The number of urea groups is 1. The van der Waals surface area contributed by atoms with Crippen LogP contribution in [0.15, 0.2) is 0 Å². The Morgan fingerprint density at radius 1 is 1.45 bits per heavy atom. The van der Waals surface area contributed by atoms with Crippen LogP contribution in [0.4, 0.5) is 4.79 Å². The van der Waals surface area contributed by atoms with Gasteiger partial charge in [0.1, 0.15) is 0 Å². The number of aliphatic carboxylic acids is 1. The molecule has 1 saturated heterocycles. The number of hydrogen-bond acceptors (Lipinski definition) is 3. The van der Waals surface area contributed by atoms with Gasteiger partial charge in [-0.1, -0.05) is 0 Å². The van der Waals surface area contributed by atoms with Gasteiger partial charge in [0.2, 0.25) is 5.91 Å². The van der Waals surface area contributed by atoms with Gasteiger partial charge in [-0.15, -0.1) is 0 Å². The standard InChI is InChI=1S/C13H23N3O4/c1-3-16(9(2)7-11(17)18)12(19)10-5-4-6-15(8-10)13(14)20/h9-10H,3-8H2,1-2H3,(H2,14,20)(H,17,18). The van der Waals surface area contributed by atoms with Gasteiger partial charge in [-0.25, -0.2) is 4.79 Å². The van der Waals surface area contributed by atoms with E-state index >= 15 is 0 Å². The van der Waals surface area contributed by atoms with Gasteiger partial charge >= 0.3 is 12.0 Å². The molecule has 0 aliphatic carbocycles. The number of nitrogens with two attached hydrogens (primary N) is 1. The van der Waals surface area contributed by atoms with Gasteiger partial charge in [-0.2, -0.15) is 0 Å². The fraction of sp³-hybridized carbons (Fsp3) is 0.769. The highest BCUT2D eigenvalue weighted by Gasteiger charge is 2.32. The van der Waals surface area contributed by atoms with Crippen LogP contribution >= 0.6 is 0 Å². The summed E-state index contributed by atoms with van der Waals surface area (Å²) in [6.45, 7) is 4.91. The van der Waals surface area contributed by atoms with Crippen molar-refractivity contribution in [3.05, 3.63) is 0 Å². The lowest BCUT2D eigenvalue weighted by atomic mass is 9.96. The summed E-state index contributed by atoms with van der Waals surface area (Å²) >= 11 is 0. The van der Waals surface area contributed by atoms with E-state index in [1.54, 1.807) is 11.8 Å². The molecule has 1 aliphatic heterocycles. The van der Waals surface area contributed by atoms with Gasteiger partial charge in [0.15, 0.2) is 0 Å². The third-order valence-corrected chi connectivity index (χ3v) is 3.71. The van der Waals surface area contributed by atoms with Crippen molar-refractivity contribution in [3.8, 4) is 0 Å². The molecular formula is C13H23N3O4. The number of carboxylic acids is 1. The number of carboxylic acid groups (broad SMARTS) is 1. The van der Waals surface area contributed by atoms with Crippen LogP contribution in [0.1, 0.15) is 33.1 Å². The maximum Gasteiger partial charge on any atom is 0.314 e. The van der Waals surface area contributed by atoms with Gasteiger partial charge < -0.3 is 20.6 Å². The second-order valence-corrected chi connectivity index (χ2v) is 5.19. The number of nitrogens with zero attached hydrogens (tertiary/aromatic N) is 2. The van der Waals surface area contributed by atoms with E-state index < -0.39 is 12.0 Å². The lowest BCUT2D eigenvalue weighted by Gasteiger charge is -2.35. The predicted molar refractivity (Wildman–Crippen MR) is 73.0 cm³/mol. The lowest BCUT2D eigenvalue weighted by molar-refractivity contribution is -0.142. The van der Waals surface area contributed by atoms with Crippen molar-refractivity contribution >= 4 is 17.9 Å². The number of piperidine rings is 1. The molecule has 7 nitrogen and oxygen atoms in total. The molecule has 3 N–H and O–H groups in total. The molecule has 20 heavy (non-hydrogen) atoms. The topological polar surface area (TPSA) is 104 Å². The SMILES string of the molecule is CCN(C(=O)C1CCCN(C(N)=O)C1)C(C)CC(=O)O. The molecule has 0 bridgehead atoms. The zero-order valence-corrected chi connectivity index (χ0v) is 12.0. The monoisotopic (exact) mass is 285 g/mol. The van der Waals surface area contributed by atoms with Crippen LogP contribution in [0.5, 0.6) is 0 Å². The van der Waals surface area contributed by atoms with E-state index in [0.717, 1.165) is 6.42 Å². The Kier molecular flexibility index (Phi) is 5.79. The molecule has 0 radical (unpaired) electrons. The molecule has 7 heteroatoms. The average Bonchev–Trinajstić information content (AvgIpc) is 2.38. The number of primary amides is 1. The lowest BCUT2D eigenvalue weighted by Crippen LogP contribution is -2.50. The van der Waals surface area contributed by atoms with E-state index in [1.165, 1.54) is 4.90 Å². The van der Waals surface area contributed by atoms with Crippen LogP contribution in [0.3, 0.4) is 0 Å². The summed E-state index contributed by atoms with van der Waals surface area (Å²) in [5.41, 5.74) is 5.25. The van der Waals surface area contributed by atoms with Crippen LogP contribution < -0.4 is 5.73 Å². The molecule has 0 aromatic heterocycles. The number of amides is 3. The van der Waals surface area contributed by atoms with E-state index in [2.05, 4.69) is 0 Å². The van der Waals surface area contributed by atoms with Crippen molar-refractivity contribution in [1.82, 2.24) is 9.80 Å². The van der Waals surface area contributed by atoms with Crippen LogP contribution in [-0.4, -0.2) is 58.5 Å². The summed E-state index contributed by atoms with van der Waals surface area (Å²) in [5, 5.41) is 8.83. The Balaban J connectivity index is 2.70. The maximum atomic E-state index is 12.5. The Labute approximate surface area is 118 Å². The summed E-state index contributed by atoms with van der Waals surface area (Å²) in [6, 6.07) is -0.863. The molecule has 0 aromatic rings. The molecule has 0 spiro atoms. The molecule has 1 rings (SSSR count). The van der Waals surface area contributed by atoms with Crippen molar-refractivity contribution in [2.24, 2.45) is 11.7 Å². The Hall–Kier alpha value is -1.79. The molecule has 2 unspecified atom stereocenters. The zero-order valence-electron chi connectivity index (χ0n) is 12.0. The number of rotatable bonds is 5. The molecule has 114 valence electrons. The van der Waals surface area contributed by atoms with Crippen molar-refractivity contribution in [1.29, 1.82) is 0 Å². The molecule has 1 heterocycles. The number of carbonyl (C=O) groups excluding carboxylic acids is 2. The zero-order chi connectivity index (χ0) is 15.3. The van der Waals surface area contributed by atoms with E-state index in [1.807, 2.05) is 6.92 Å². The third kappa shape index (κ3) is 4.11. The molecule has 3 amide bonds. The quantitative estimate of drug-likeness (QED) is 0.767. The first-order valence-electron chi connectivity index (χ1n) is 6.93. The summed E-state index contributed by atoms with van der Waals surface area (Å²) in [5.74, 6) is -1.30. The predicted octanol–water partition coefficient (Wildman–Crippen LogP) is 0.489. The minimum atomic E-state index is -0.925. The van der Waals surface area contributed by atoms with Crippen molar-refractivity contribution in [2.75, 3.05) is 19.6 Å². The molecule has 1 aliphatic rings. The highest BCUT2D eigenvalue weighted by atomic mass is 16.4. The van der Waals surface area contributed by atoms with Gasteiger partial charge in [0, 0.05) is 25.7 Å². The van der Waals surface area contributed by atoms with E-state index in [4.69, 9.17) is 10.8 Å². The van der Waals surface area contributed by atoms with Crippen LogP contribution in [0.25, 0.3) is 0 Å². The highest BCUT2D eigenvalue weighted by molar-refractivity contribution is 5.81. The fourth-order valence-corrected chi connectivity index (χ4v) is 2.66. The number of hydrogen-bond donors (Lipinski definition) is 2. The van der Waals surface area contributed by atoms with E-state index in [9.17, 15) is 14.4 Å². The van der Waals surface area contributed by atoms with Crippen LogP contribution in [0, 0.1) is 5.92 Å². The van der Waals surface area contributed by atoms with E-state index in [-0.39, 0.29) is 24.3 Å². The highest BCUT2D eigenvalue weighted by Crippen LogP contribution is 2.20. The normalized spacial score (nSPS) is 20.3. The van der Waals surface area contributed by atoms with E-state index in [0.29, 0.717) is 26.1 Å². The molecule has 0 saturated carbocycles. The van der Waals surface area contributed by atoms with Crippen LogP contribution in [0.2, 0.25) is 0 Å². The third-order valence-electron chi connectivity index (χ3n) is 3.71. The maximum absolute atomic E-state index is 12.5. The smallest absolute Gasteiger partial charge is 0.314 e. The van der Waals surface area contributed by atoms with Gasteiger partial charge in [0.25, 0.3) is 0 Å². The summed E-state index contributed by atoms with van der Waals surface area (Å²) in [7, 11) is 0. The van der Waals surface area contributed by atoms with Gasteiger partial charge in [0.05, 0.1) is 12.3 Å². The minimum Gasteiger partial charge on any atom is -0.481 e.